The molecular weight excluding hydrogens is 352 g/mol. The van der Waals surface area contributed by atoms with Crippen molar-refractivity contribution in [2.75, 3.05) is 6.61 Å². The maximum Gasteiger partial charge on any atom is 0.270 e. The summed E-state index contributed by atoms with van der Waals surface area (Å²) >= 11 is 0. The number of ether oxygens (including phenoxy) is 2. The molecule has 2 aromatic rings. The normalized spacial score (nSPS) is 22.8. The van der Waals surface area contributed by atoms with Gasteiger partial charge in [-0.3, -0.25) is 15.1 Å². The number of aromatic hydroxyl groups is 1. The van der Waals surface area contributed by atoms with Gasteiger partial charge in [-0.15, -0.1) is 0 Å². The van der Waals surface area contributed by atoms with Crippen molar-refractivity contribution in [3.63, 3.8) is 0 Å². The van der Waals surface area contributed by atoms with Crippen LogP contribution in [0.25, 0.3) is 0 Å². The van der Waals surface area contributed by atoms with E-state index in [0.29, 0.717) is 19.6 Å². The summed E-state index contributed by atoms with van der Waals surface area (Å²) in [7, 11) is 0. The van der Waals surface area contributed by atoms with Crippen molar-refractivity contribution in [1.29, 1.82) is 0 Å². The van der Waals surface area contributed by atoms with Crippen LogP contribution in [0.15, 0.2) is 53.5 Å². The Bertz CT molecular complexity index is 811. The lowest BCUT2D eigenvalue weighted by Crippen LogP contribution is -2.45. The molecule has 2 N–H and O–H groups in total. The molecule has 8 heteroatoms. The zero-order valence-electron chi connectivity index (χ0n) is 14.5. The number of nitro groups is 1. The molecular formula is C19H20N2O6. The first-order valence-electron chi connectivity index (χ1n) is 8.50. The zero-order chi connectivity index (χ0) is 19.2. The van der Waals surface area contributed by atoms with Crippen molar-refractivity contribution in [3.05, 3.63) is 69.8 Å². The monoisotopic (exact) mass is 372 g/mol. The number of hydrogen-bond acceptors (Lipinski definition) is 7. The molecule has 1 heterocycles. The van der Waals surface area contributed by atoms with Crippen LogP contribution in [0.2, 0.25) is 0 Å². The molecule has 1 aliphatic heterocycles. The van der Waals surface area contributed by atoms with Gasteiger partial charge in [0, 0.05) is 23.9 Å². The molecule has 0 amide bonds. The lowest BCUT2D eigenvalue weighted by molar-refractivity contribution is -0.384. The van der Waals surface area contributed by atoms with Crippen LogP contribution in [0, 0.1) is 10.1 Å². The molecule has 0 saturated carbocycles. The highest BCUT2D eigenvalue weighted by Gasteiger charge is 2.33. The number of rotatable bonds is 6. The van der Waals surface area contributed by atoms with Gasteiger partial charge < -0.3 is 19.7 Å². The Labute approximate surface area is 155 Å². The number of benzene rings is 2. The van der Waals surface area contributed by atoms with Crippen molar-refractivity contribution in [3.8, 4) is 5.75 Å². The van der Waals surface area contributed by atoms with E-state index in [4.69, 9.17) is 9.47 Å². The maximum atomic E-state index is 10.9. The van der Waals surface area contributed by atoms with Crippen molar-refractivity contribution in [2.24, 2.45) is 4.99 Å². The fraction of sp³-hybridized carbons (Fsp3) is 0.316. The van der Waals surface area contributed by atoms with Gasteiger partial charge in [0.15, 0.2) is 6.29 Å². The van der Waals surface area contributed by atoms with E-state index in [-0.39, 0.29) is 17.0 Å². The highest BCUT2D eigenvalue weighted by molar-refractivity contribution is 5.84. The Hall–Kier alpha value is -2.81. The fourth-order valence-electron chi connectivity index (χ4n) is 2.75. The Morgan fingerprint density at radius 2 is 2.07 bits per heavy atom. The molecule has 0 aliphatic carbocycles. The molecule has 3 rings (SSSR count). The molecule has 27 heavy (non-hydrogen) atoms. The summed E-state index contributed by atoms with van der Waals surface area (Å²) in [6, 6.07) is 12.7. The summed E-state index contributed by atoms with van der Waals surface area (Å²) in [4.78, 5) is 14.6. The first-order valence-corrected chi connectivity index (χ1v) is 8.50. The van der Waals surface area contributed by atoms with Gasteiger partial charge in [-0.25, -0.2) is 0 Å². The Kier molecular flexibility index (Phi) is 6.12. The molecule has 1 fully saturated rings. The van der Waals surface area contributed by atoms with Gasteiger partial charge in [0.25, 0.3) is 5.69 Å². The summed E-state index contributed by atoms with van der Waals surface area (Å²) in [6.07, 6.45) is -0.00619. The Balaban J connectivity index is 1.65. The van der Waals surface area contributed by atoms with E-state index < -0.39 is 23.4 Å². The SMILES string of the molecule is O=[N+]([O-])c1ccc(O)c(C=N[C@@H]2CCO[C@@H](OCc3ccccc3)[C@@H]2O)c1. The molecule has 0 aromatic heterocycles. The van der Waals surface area contributed by atoms with E-state index in [1.54, 1.807) is 0 Å². The van der Waals surface area contributed by atoms with Crippen LogP contribution in [-0.2, 0) is 16.1 Å². The van der Waals surface area contributed by atoms with Gasteiger partial charge in [0.05, 0.1) is 24.2 Å². The van der Waals surface area contributed by atoms with E-state index in [1.165, 1.54) is 24.4 Å². The largest absolute Gasteiger partial charge is 0.507 e. The minimum absolute atomic E-state index is 0.122. The van der Waals surface area contributed by atoms with Crippen LogP contribution in [0.5, 0.6) is 5.75 Å². The molecule has 8 nitrogen and oxygen atoms in total. The molecule has 0 bridgehead atoms. The van der Waals surface area contributed by atoms with Gasteiger partial charge in [-0.1, -0.05) is 30.3 Å². The van der Waals surface area contributed by atoms with Gasteiger partial charge in [-0.05, 0) is 18.1 Å². The highest BCUT2D eigenvalue weighted by atomic mass is 16.7. The second kappa shape index (κ2) is 8.72. The molecule has 142 valence electrons. The van der Waals surface area contributed by atoms with Gasteiger partial charge >= 0.3 is 0 Å². The summed E-state index contributed by atoms with van der Waals surface area (Å²) in [5, 5.41) is 31.2. The average Bonchev–Trinajstić information content (AvgIpc) is 2.68. The first kappa shape index (κ1) is 19.0. The molecule has 2 aromatic carbocycles. The second-order valence-corrected chi connectivity index (χ2v) is 6.16. The number of nitro benzene ring substituents is 1. The molecule has 1 saturated heterocycles. The summed E-state index contributed by atoms with van der Waals surface area (Å²) in [5.41, 5.74) is 1.02. The average molecular weight is 372 g/mol. The lowest BCUT2D eigenvalue weighted by Gasteiger charge is -2.32. The lowest BCUT2D eigenvalue weighted by atomic mass is 10.1. The van der Waals surface area contributed by atoms with E-state index in [1.807, 2.05) is 30.3 Å². The maximum absolute atomic E-state index is 10.9. The molecule has 0 unspecified atom stereocenters. The minimum Gasteiger partial charge on any atom is -0.507 e. The van der Waals surface area contributed by atoms with Crippen LogP contribution in [0.4, 0.5) is 5.69 Å². The summed E-state index contributed by atoms with van der Waals surface area (Å²) < 4.78 is 11.1. The van der Waals surface area contributed by atoms with Crippen LogP contribution >= 0.6 is 0 Å². The number of phenols is 1. The number of non-ortho nitro benzene ring substituents is 1. The summed E-state index contributed by atoms with van der Waals surface area (Å²) in [5.74, 6) is -0.122. The van der Waals surface area contributed by atoms with Crippen molar-refractivity contribution < 1.29 is 24.6 Å². The molecule has 1 aliphatic rings. The second-order valence-electron chi connectivity index (χ2n) is 6.16. The molecule has 0 spiro atoms. The molecule has 0 radical (unpaired) electrons. The van der Waals surface area contributed by atoms with Crippen LogP contribution < -0.4 is 0 Å². The van der Waals surface area contributed by atoms with Crippen LogP contribution in [0.3, 0.4) is 0 Å². The third kappa shape index (κ3) is 4.88. The third-order valence-electron chi connectivity index (χ3n) is 4.25. The van der Waals surface area contributed by atoms with E-state index in [0.717, 1.165) is 5.56 Å². The van der Waals surface area contributed by atoms with Crippen molar-refractivity contribution >= 4 is 11.9 Å². The van der Waals surface area contributed by atoms with Crippen LogP contribution in [-0.4, -0.2) is 46.4 Å². The topological polar surface area (TPSA) is 114 Å². The number of nitrogens with zero attached hydrogens (tertiary/aromatic N) is 2. The number of hydrogen-bond donors (Lipinski definition) is 2. The van der Waals surface area contributed by atoms with Gasteiger partial charge in [0.1, 0.15) is 11.9 Å². The minimum atomic E-state index is -0.987. The van der Waals surface area contributed by atoms with Crippen molar-refractivity contribution in [2.45, 2.75) is 31.5 Å². The number of aliphatic imine (C=N–C) groups is 1. The third-order valence-corrected chi connectivity index (χ3v) is 4.25. The predicted octanol–water partition coefficient (Wildman–Crippen LogP) is 2.41. The number of phenolic OH excluding ortho intramolecular Hbond substituents is 1. The number of aliphatic hydroxyl groups is 1. The van der Waals surface area contributed by atoms with E-state index in [2.05, 4.69) is 4.99 Å². The van der Waals surface area contributed by atoms with Crippen molar-refractivity contribution in [1.82, 2.24) is 0 Å². The molecule has 3 atom stereocenters. The quantitative estimate of drug-likeness (QED) is 0.457. The fourth-order valence-corrected chi connectivity index (χ4v) is 2.75. The standard InChI is InChI=1S/C19H20N2O6/c22-17-7-6-15(21(24)25)10-14(17)11-20-16-8-9-26-19(18(16)23)27-12-13-4-2-1-3-5-13/h1-7,10-11,16,18-19,22-23H,8-9,12H2/t16-,18-,19+/m1/s1. The predicted molar refractivity (Wildman–Crippen MR) is 97.7 cm³/mol. The summed E-state index contributed by atoms with van der Waals surface area (Å²) in [6.45, 7) is 0.657. The first-order chi connectivity index (χ1) is 13.0. The van der Waals surface area contributed by atoms with Crippen LogP contribution in [0.1, 0.15) is 17.5 Å². The van der Waals surface area contributed by atoms with E-state index in [9.17, 15) is 20.3 Å². The number of aliphatic hydroxyl groups excluding tert-OH is 1. The highest BCUT2D eigenvalue weighted by Crippen LogP contribution is 2.23. The van der Waals surface area contributed by atoms with Gasteiger partial charge in [-0.2, -0.15) is 0 Å². The van der Waals surface area contributed by atoms with Gasteiger partial charge in [0.2, 0.25) is 0 Å². The zero-order valence-corrected chi connectivity index (χ0v) is 14.5. The smallest absolute Gasteiger partial charge is 0.270 e. The van der Waals surface area contributed by atoms with E-state index >= 15 is 0 Å². The Morgan fingerprint density at radius 3 is 2.81 bits per heavy atom. The Morgan fingerprint density at radius 1 is 1.30 bits per heavy atom.